The summed E-state index contributed by atoms with van der Waals surface area (Å²) in [6.45, 7) is 1.16. The van der Waals surface area contributed by atoms with E-state index in [-0.39, 0.29) is 35.6 Å². The second-order valence-corrected chi connectivity index (χ2v) is 11.3. The average molecular weight is 619 g/mol. The van der Waals surface area contributed by atoms with E-state index in [0.29, 0.717) is 17.8 Å². The maximum absolute atomic E-state index is 13.6. The minimum atomic E-state index is -1.79. The largest absolute Gasteiger partial charge is 0.465 e. The first kappa shape index (κ1) is 33.6. The molecule has 4 N–H and O–H groups in total. The van der Waals surface area contributed by atoms with Crippen molar-refractivity contribution in [3.05, 3.63) is 63.0 Å². The first-order valence-corrected chi connectivity index (χ1v) is 15.1. The molecular weight excluding hydrogens is 580 g/mol. The Morgan fingerprint density at radius 3 is 2.42 bits per heavy atom. The van der Waals surface area contributed by atoms with Gasteiger partial charge in [-0.25, -0.2) is 0 Å². The van der Waals surface area contributed by atoms with E-state index in [4.69, 9.17) is 9.47 Å². The molecule has 1 aliphatic carbocycles. The van der Waals surface area contributed by atoms with Gasteiger partial charge in [-0.05, 0) is 30.9 Å². The van der Waals surface area contributed by atoms with Gasteiger partial charge in [0, 0.05) is 6.07 Å². The third-order valence-corrected chi connectivity index (χ3v) is 8.05. The van der Waals surface area contributed by atoms with Gasteiger partial charge in [0.1, 0.15) is 12.6 Å². The summed E-state index contributed by atoms with van der Waals surface area (Å²) in [7, 11) is 0. The Balaban J connectivity index is 1.75. The highest BCUT2D eigenvalue weighted by Crippen LogP contribution is 2.28. The normalized spacial score (nSPS) is 15.5. The highest BCUT2D eigenvalue weighted by atomic mass is 32.1. The van der Waals surface area contributed by atoms with Crippen molar-refractivity contribution in [3.63, 3.8) is 0 Å². The second-order valence-electron chi connectivity index (χ2n) is 10.2. The van der Waals surface area contributed by atoms with Crippen molar-refractivity contribution in [3.8, 4) is 0 Å². The van der Waals surface area contributed by atoms with Gasteiger partial charge in [-0.15, -0.1) is 0 Å². The van der Waals surface area contributed by atoms with Crippen molar-refractivity contribution in [2.45, 2.75) is 70.2 Å². The summed E-state index contributed by atoms with van der Waals surface area (Å²) in [4.78, 5) is 61.6. The molecule has 1 aromatic carbocycles. The van der Waals surface area contributed by atoms with E-state index in [9.17, 15) is 34.4 Å². The fraction of sp³-hybridized carbons (Fsp3) is 0.517. The Hall–Kier alpha value is -3.88. The molecule has 1 aliphatic rings. The quantitative estimate of drug-likeness (QED) is 0.125. The van der Waals surface area contributed by atoms with E-state index in [1.807, 2.05) is 30.3 Å². The lowest BCUT2D eigenvalue weighted by atomic mass is 9.84. The third-order valence-electron chi connectivity index (χ3n) is 7.01. The molecule has 0 radical (unpaired) electrons. The number of hydrogen-bond donors (Lipinski definition) is 4. The Kier molecular flexibility index (Phi) is 13.5. The molecule has 43 heavy (non-hydrogen) atoms. The predicted octanol–water partition coefficient (Wildman–Crippen LogP) is 2.47. The van der Waals surface area contributed by atoms with Crippen LogP contribution in [0.1, 0.15) is 60.7 Å². The van der Waals surface area contributed by atoms with Gasteiger partial charge in [-0.2, -0.15) is 0 Å². The van der Waals surface area contributed by atoms with E-state index >= 15 is 0 Å². The predicted molar refractivity (Wildman–Crippen MR) is 157 cm³/mol. The van der Waals surface area contributed by atoms with Crippen LogP contribution in [0, 0.1) is 16.0 Å². The molecule has 1 saturated carbocycles. The number of nitrogens with one attached hydrogen (secondary N) is 3. The number of nitrogens with zero attached hydrogens (tertiary/aromatic N) is 1. The molecule has 0 spiro atoms. The highest BCUT2D eigenvalue weighted by molar-refractivity contribution is 7.17. The minimum absolute atomic E-state index is 0.0780. The summed E-state index contributed by atoms with van der Waals surface area (Å²) in [5.41, 5.74) is 0.835. The second kappa shape index (κ2) is 17.3. The zero-order valence-corrected chi connectivity index (χ0v) is 24.8. The monoisotopic (exact) mass is 618 g/mol. The number of carbonyl (C=O) groups excluding carboxylic acids is 4. The van der Waals surface area contributed by atoms with Crippen molar-refractivity contribution in [1.82, 2.24) is 16.0 Å². The molecule has 1 heterocycles. The molecule has 2 aromatic rings. The molecule has 14 heteroatoms. The Morgan fingerprint density at radius 2 is 1.77 bits per heavy atom. The molecule has 0 bridgehead atoms. The number of aliphatic hydroxyl groups is 1. The molecule has 0 aliphatic heterocycles. The van der Waals surface area contributed by atoms with Crippen LogP contribution in [-0.2, 0) is 30.5 Å². The Labute approximate surface area is 253 Å². The van der Waals surface area contributed by atoms with Crippen molar-refractivity contribution in [2.24, 2.45) is 5.92 Å². The lowest BCUT2D eigenvalue weighted by molar-refractivity contribution is -0.380. The van der Waals surface area contributed by atoms with Gasteiger partial charge < -0.3 is 30.5 Å². The van der Waals surface area contributed by atoms with Crippen molar-refractivity contribution in [1.29, 1.82) is 0 Å². The summed E-state index contributed by atoms with van der Waals surface area (Å²) in [5, 5.41) is 29.4. The van der Waals surface area contributed by atoms with Gasteiger partial charge in [0.2, 0.25) is 5.91 Å². The van der Waals surface area contributed by atoms with Crippen molar-refractivity contribution in [2.75, 3.05) is 19.8 Å². The summed E-state index contributed by atoms with van der Waals surface area (Å²) in [5.74, 6) is -2.73. The van der Waals surface area contributed by atoms with E-state index in [2.05, 4.69) is 16.0 Å². The van der Waals surface area contributed by atoms with Gasteiger partial charge in [0.15, 0.2) is 6.10 Å². The number of aliphatic hydroxyl groups excluding tert-OH is 1. The van der Waals surface area contributed by atoms with E-state index in [1.54, 1.807) is 6.92 Å². The van der Waals surface area contributed by atoms with Crippen LogP contribution in [-0.4, -0.2) is 71.7 Å². The van der Waals surface area contributed by atoms with Crippen LogP contribution < -0.4 is 16.0 Å². The summed E-state index contributed by atoms with van der Waals surface area (Å²) in [6, 6.07) is 9.45. The number of nitro groups is 1. The fourth-order valence-electron chi connectivity index (χ4n) is 4.80. The van der Waals surface area contributed by atoms with Crippen molar-refractivity contribution < 1.29 is 38.7 Å². The number of rotatable bonds is 16. The molecule has 0 saturated heterocycles. The Bertz CT molecular complexity index is 1230. The summed E-state index contributed by atoms with van der Waals surface area (Å²) in [6.07, 6.45) is 3.37. The molecule has 1 fully saturated rings. The topological polar surface area (TPSA) is 186 Å². The third kappa shape index (κ3) is 11.0. The maximum Gasteiger partial charge on any atom is 0.325 e. The molecule has 234 valence electrons. The van der Waals surface area contributed by atoms with Crippen LogP contribution in [0.25, 0.3) is 0 Å². The number of ether oxygens (including phenoxy) is 2. The van der Waals surface area contributed by atoms with Crippen LogP contribution in [0.4, 0.5) is 5.00 Å². The number of benzene rings is 1. The van der Waals surface area contributed by atoms with Crippen LogP contribution in [0.2, 0.25) is 0 Å². The van der Waals surface area contributed by atoms with Crippen LogP contribution in [0.15, 0.2) is 42.5 Å². The zero-order chi connectivity index (χ0) is 31.2. The van der Waals surface area contributed by atoms with Gasteiger partial charge in [-0.1, -0.05) is 73.8 Å². The molecule has 13 nitrogen and oxygen atoms in total. The molecule has 1 aromatic heterocycles. The summed E-state index contributed by atoms with van der Waals surface area (Å²) >= 11 is 0.698. The molecular formula is C29H38N4O9S. The van der Waals surface area contributed by atoms with Crippen LogP contribution >= 0.6 is 11.3 Å². The van der Waals surface area contributed by atoms with E-state index < -0.39 is 53.3 Å². The van der Waals surface area contributed by atoms with Crippen LogP contribution in [0.3, 0.4) is 0 Å². The number of esters is 1. The van der Waals surface area contributed by atoms with Gasteiger partial charge in [-0.3, -0.25) is 29.3 Å². The highest BCUT2D eigenvalue weighted by Gasteiger charge is 2.33. The van der Waals surface area contributed by atoms with E-state index in [1.165, 1.54) is 12.1 Å². The zero-order valence-electron chi connectivity index (χ0n) is 24.0. The molecule has 3 amide bonds. The van der Waals surface area contributed by atoms with Crippen molar-refractivity contribution >= 4 is 40.0 Å². The lowest BCUT2D eigenvalue weighted by Gasteiger charge is -2.29. The van der Waals surface area contributed by atoms with Gasteiger partial charge in [0.25, 0.3) is 11.8 Å². The number of hydrogen-bond acceptors (Lipinski definition) is 10. The fourth-order valence-corrected chi connectivity index (χ4v) is 5.52. The molecule has 3 rings (SSSR count). The van der Waals surface area contributed by atoms with Gasteiger partial charge >= 0.3 is 11.0 Å². The molecule has 3 atom stereocenters. The SMILES string of the molecule is CCOC(=O)CNC(=O)C(O)[C@H](COCc1ccccc1)NC(=O)[C@H](CC1CCCCC1)NC(=O)c1ccc([N+](=O)[O-])s1. The summed E-state index contributed by atoms with van der Waals surface area (Å²) < 4.78 is 10.5. The van der Waals surface area contributed by atoms with Crippen LogP contribution in [0.5, 0.6) is 0 Å². The Morgan fingerprint density at radius 1 is 1.05 bits per heavy atom. The minimum Gasteiger partial charge on any atom is -0.465 e. The molecule has 1 unspecified atom stereocenters. The van der Waals surface area contributed by atoms with E-state index in [0.717, 1.165) is 37.7 Å². The smallest absolute Gasteiger partial charge is 0.325 e. The average Bonchev–Trinajstić information content (AvgIpc) is 3.51. The first-order chi connectivity index (χ1) is 20.7. The maximum atomic E-state index is 13.6. The van der Waals surface area contributed by atoms with Gasteiger partial charge in [0.05, 0.1) is 35.7 Å². The standard InChI is InChI=1S/C29H38N4O9S/c1-2-42-25(34)16-30-29(38)26(35)22(18-41-17-20-11-7-4-8-12-20)32-27(36)21(15-19-9-5-3-6-10-19)31-28(37)23-13-14-24(43-23)33(39)40/h4,7-8,11-14,19,21-22,26,35H,2-3,5-6,9-10,15-18H2,1H3,(H,30,38)(H,31,37)(H,32,36)/t21-,22-,26?/m0/s1. The number of amides is 3. The first-order valence-electron chi connectivity index (χ1n) is 14.3. The number of thiophene rings is 1. The lowest BCUT2D eigenvalue weighted by Crippen LogP contribution is -2.57. The number of carbonyl (C=O) groups is 4.